The Kier molecular flexibility index (Phi) is 5.90. The molecule has 0 aliphatic rings. The summed E-state index contributed by atoms with van der Waals surface area (Å²) in [5.74, 6) is -0.133. The minimum Gasteiger partial charge on any atom is -0.319 e. The van der Waals surface area contributed by atoms with Crippen LogP contribution >= 0.6 is 0 Å². The van der Waals surface area contributed by atoms with E-state index in [0.29, 0.717) is 6.54 Å². The summed E-state index contributed by atoms with van der Waals surface area (Å²) in [6.45, 7) is 2.43. The van der Waals surface area contributed by atoms with E-state index in [1.54, 1.807) is 6.07 Å². The fraction of sp³-hybridized carbons (Fsp3) is 0.333. The topological polar surface area (TPSA) is 15.3 Å². The van der Waals surface area contributed by atoms with Crippen LogP contribution in [0.1, 0.15) is 16.7 Å². The Labute approximate surface area is 126 Å². The van der Waals surface area contributed by atoms with Crippen molar-refractivity contribution in [1.29, 1.82) is 0 Å². The highest BCUT2D eigenvalue weighted by atomic mass is 19.1. The van der Waals surface area contributed by atoms with Crippen LogP contribution < -0.4 is 5.32 Å². The monoisotopic (exact) mass is 286 g/mol. The average Bonchev–Trinajstić information content (AvgIpc) is 2.49. The normalized spacial score (nSPS) is 11.0. The van der Waals surface area contributed by atoms with E-state index in [-0.39, 0.29) is 5.82 Å². The molecule has 0 spiro atoms. The molecule has 2 rings (SSSR count). The maximum Gasteiger partial charge on any atom is 0.127 e. The highest BCUT2D eigenvalue weighted by molar-refractivity contribution is 5.23. The maximum atomic E-state index is 13.6. The summed E-state index contributed by atoms with van der Waals surface area (Å²) in [5, 5.41) is 3.15. The molecule has 0 aromatic heterocycles. The van der Waals surface area contributed by atoms with Crippen LogP contribution in [-0.4, -0.2) is 25.5 Å². The van der Waals surface area contributed by atoms with E-state index in [2.05, 4.69) is 34.5 Å². The predicted octanol–water partition coefficient (Wildman–Crippen LogP) is 3.22. The molecule has 0 atom stereocenters. The summed E-state index contributed by atoms with van der Waals surface area (Å²) in [4.78, 5) is 2.13. The van der Waals surface area contributed by atoms with Gasteiger partial charge in [-0.15, -0.1) is 0 Å². The van der Waals surface area contributed by atoms with E-state index in [9.17, 15) is 4.39 Å². The predicted molar refractivity (Wildman–Crippen MR) is 85.6 cm³/mol. The van der Waals surface area contributed by atoms with Gasteiger partial charge in [-0.25, -0.2) is 4.39 Å². The van der Waals surface area contributed by atoms with Crippen LogP contribution in [0.15, 0.2) is 48.5 Å². The second-order valence-electron chi connectivity index (χ2n) is 5.43. The smallest absolute Gasteiger partial charge is 0.127 e. The number of benzene rings is 2. The number of halogens is 1. The summed E-state index contributed by atoms with van der Waals surface area (Å²) >= 11 is 0. The minimum absolute atomic E-state index is 0.133. The van der Waals surface area contributed by atoms with Gasteiger partial charge in [0.2, 0.25) is 0 Å². The molecule has 0 unspecified atom stereocenters. The zero-order valence-electron chi connectivity index (χ0n) is 12.8. The van der Waals surface area contributed by atoms with Gasteiger partial charge in [0, 0.05) is 18.7 Å². The standard InChI is InChI=1S/C18H23FN2/c1-20-12-11-15-7-9-16(10-8-15)13-21(2)14-17-5-3-4-6-18(17)19/h3-10,20H,11-14H2,1-2H3. The lowest BCUT2D eigenvalue weighted by Crippen LogP contribution is -2.18. The quantitative estimate of drug-likeness (QED) is 0.841. The first-order valence-electron chi connectivity index (χ1n) is 7.33. The van der Waals surface area contributed by atoms with E-state index in [0.717, 1.165) is 25.1 Å². The van der Waals surface area contributed by atoms with Gasteiger partial charge in [0.1, 0.15) is 5.82 Å². The van der Waals surface area contributed by atoms with Gasteiger partial charge in [0.05, 0.1) is 0 Å². The Bertz CT molecular complexity index is 551. The van der Waals surface area contributed by atoms with Crippen molar-refractivity contribution in [2.75, 3.05) is 20.6 Å². The second-order valence-corrected chi connectivity index (χ2v) is 5.43. The summed E-state index contributed by atoms with van der Waals surface area (Å²) in [6, 6.07) is 15.6. The molecule has 0 bridgehead atoms. The summed E-state index contributed by atoms with van der Waals surface area (Å²) < 4.78 is 13.6. The largest absolute Gasteiger partial charge is 0.319 e. The molecule has 0 saturated heterocycles. The van der Waals surface area contributed by atoms with Gasteiger partial charge in [-0.1, -0.05) is 42.5 Å². The molecule has 2 nitrogen and oxygen atoms in total. The van der Waals surface area contributed by atoms with Gasteiger partial charge in [-0.05, 0) is 44.3 Å². The van der Waals surface area contributed by atoms with Crippen LogP contribution in [0.4, 0.5) is 4.39 Å². The third-order valence-corrected chi connectivity index (χ3v) is 3.54. The van der Waals surface area contributed by atoms with Crippen molar-refractivity contribution >= 4 is 0 Å². The van der Waals surface area contributed by atoms with Crippen molar-refractivity contribution < 1.29 is 4.39 Å². The molecule has 21 heavy (non-hydrogen) atoms. The Balaban J connectivity index is 1.90. The van der Waals surface area contributed by atoms with Crippen molar-refractivity contribution in [3.05, 3.63) is 71.0 Å². The van der Waals surface area contributed by atoms with Crippen LogP contribution in [0.25, 0.3) is 0 Å². The van der Waals surface area contributed by atoms with Crippen molar-refractivity contribution in [2.45, 2.75) is 19.5 Å². The summed E-state index contributed by atoms with van der Waals surface area (Å²) in [7, 11) is 3.98. The minimum atomic E-state index is -0.133. The van der Waals surface area contributed by atoms with Gasteiger partial charge >= 0.3 is 0 Å². The first kappa shape index (κ1) is 15.7. The van der Waals surface area contributed by atoms with Crippen molar-refractivity contribution in [3.63, 3.8) is 0 Å². The molecule has 0 aliphatic heterocycles. The molecule has 0 saturated carbocycles. The zero-order chi connectivity index (χ0) is 15.1. The lowest BCUT2D eigenvalue weighted by molar-refractivity contribution is 0.313. The van der Waals surface area contributed by atoms with Crippen LogP contribution in [0, 0.1) is 5.82 Å². The summed E-state index contributed by atoms with van der Waals surface area (Å²) in [6.07, 6.45) is 1.04. The Hall–Kier alpha value is -1.71. The molecule has 0 aliphatic carbocycles. The fourth-order valence-corrected chi connectivity index (χ4v) is 2.37. The van der Waals surface area contributed by atoms with Gasteiger partial charge in [0.25, 0.3) is 0 Å². The first-order chi connectivity index (χ1) is 10.2. The number of rotatable bonds is 7. The highest BCUT2D eigenvalue weighted by Crippen LogP contribution is 2.12. The number of likely N-dealkylation sites (N-methyl/N-ethyl adjacent to an activating group) is 1. The molecule has 2 aromatic carbocycles. The van der Waals surface area contributed by atoms with E-state index in [1.165, 1.54) is 17.2 Å². The molecule has 0 heterocycles. The average molecular weight is 286 g/mol. The number of nitrogens with one attached hydrogen (secondary N) is 1. The molecule has 1 N–H and O–H groups in total. The molecule has 3 heteroatoms. The molecule has 0 fully saturated rings. The number of hydrogen-bond donors (Lipinski definition) is 1. The molecule has 112 valence electrons. The van der Waals surface area contributed by atoms with E-state index in [4.69, 9.17) is 0 Å². The van der Waals surface area contributed by atoms with Gasteiger partial charge in [-0.2, -0.15) is 0 Å². The van der Waals surface area contributed by atoms with Crippen molar-refractivity contribution in [1.82, 2.24) is 10.2 Å². The zero-order valence-corrected chi connectivity index (χ0v) is 12.8. The Morgan fingerprint density at radius 2 is 1.62 bits per heavy atom. The number of hydrogen-bond acceptors (Lipinski definition) is 2. The molecule has 0 radical (unpaired) electrons. The lowest BCUT2D eigenvalue weighted by atomic mass is 10.1. The highest BCUT2D eigenvalue weighted by Gasteiger charge is 2.05. The molecule has 0 amide bonds. The van der Waals surface area contributed by atoms with Gasteiger partial charge < -0.3 is 5.32 Å². The van der Waals surface area contributed by atoms with Crippen LogP contribution in [0.5, 0.6) is 0 Å². The van der Waals surface area contributed by atoms with E-state index in [1.807, 2.05) is 26.2 Å². The lowest BCUT2D eigenvalue weighted by Gasteiger charge is -2.17. The third-order valence-electron chi connectivity index (χ3n) is 3.54. The maximum absolute atomic E-state index is 13.6. The Morgan fingerprint density at radius 3 is 2.29 bits per heavy atom. The third kappa shape index (κ3) is 4.96. The fourth-order valence-electron chi connectivity index (χ4n) is 2.37. The number of nitrogens with zero attached hydrogens (tertiary/aromatic N) is 1. The molecular formula is C18H23FN2. The summed E-state index contributed by atoms with van der Waals surface area (Å²) in [5.41, 5.74) is 3.33. The van der Waals surface area contributed by atoms with Crippen molar-refractivity contribution in [3.8, 4) is 0 Å². The van der Waals surface area contributed by atoms with Gasteiger partial charge in [-0.3, -0.25) is 4.90 Å². The molecule has 2 aromatic rings. The van der Waals surface area contributed by atoms with Crippen LogP contribution in [0.2, 0.25) is 0 Å². The van der Waals surface area contributed by atoms with Gasteiger partial charge in [0.15, 0.2) is 0 Å². The Morgan fingerprint density at radius 1 is 0.952 bits per heavy atom. The van der Waals surface area contributed by atoms with Crippen molar-refractivity contribution in [2.24, 2.45) is 0 Å². The van der Waals surface area contributed by atoms with E-state index < -0.39 is 0 Å². The van der Waals surface area contributed by atoms with Crippen LogP contribution in [-0.2, 0) is 19.5 Å². The van der Waals surface area contributed by atoms with Crippen LogP contribution in [0.3, 0.4) is 0 Å². The molecular weight excluding hydrogens is 263 g/mol. The van der Waals surface area contributed by atoms with E-state index >= 15 is 0 Å². The SMILES string of the molecule is CNCCc1ccc(CN(C)Cc2ccccc2F)cc1. The first-order valence-corrected chi connectivity index (χ1v) is 7.33. The second kappa shape index (κ2) is 7.91.